The van der Waals surface area contributed by atoms with Gasteiger partial charge in [-0.25, -0.2) is 0 Å². The fourth-order valence-corrected chi connectivity index (χ4v) is 4.54. The summed E-state index contributed by atoms with van der Waals surface area (Å²) < 4.78 is 0. The monoisotopic (exact) mass is 256 g/mol. The standard InChI is InChI=1S/C15H28O3/c1-9(2)10-5-7-14(3)11(16)6-8-15(4,18)13(14)12(10)17/h9-13,16-18H,5-8H2,1-4H3/t10-,11+,12-,13+,14-,15+/m0/s1. The van der Waals surface area contributed by atoms with E-state index >= 15 is 0 Å². The molecule has 0 amide bonds. The number of aliphatic hydroxyl groups is 3. The van der Waals surface area contributed by atoms with Gasteiger partial charge in [-0.15, -0.1) is 0 Å². The normalized spacial score (nSPS) is 53.3. The maximum absolute atomic E-state index is 10.7. The van der Waals surface area contributed by atoms with E-state index in [1.165, 1.54) is 0 Å². The molecule has 2 saturated carbocycles. The van der Waals surface area contributed by atoms with Crippen molar-refractivity contribution in [3.05, 3.63) is 0 Å². The highest BCUT2D eigenvalue weighted by Gasteiger charge is 2.59. The molecule has 0 saturated heterocycles. The van der Waals surface area contributed by atoms with E-state index in [-0.39, 0.29) is 17.3 Å². The van der Waals surface area contributed by atoms with Crippen LogP contribution in [0.3, 0.4) is 0 Å². The molecule has 0 unspecified atom stereocenters. The van der Waals surface area contributed by atoms with E-state index in [0.717, 1.165) is 12.8 Å². The third-order valence-electron chi connectivity index (χ3n) is 5.72. The van der Waals surface area contributed by atoms with Crippen molar-refractivity contribution in [1.82, 2.24) is 0 Å². The van der Waals surface area contributed by atoms with E-state index < -0.39 is 17.8 Å². The van der Waals surface area contributed by atoms with Crippen molar-refractivity contribution in [3.8, 4) is 0 Å². The van der Waals surface area contributed by atoms with Gasteiger partial charge in [0.25, 0.3) is 0 Å². The summed E-state index contributed by atoms with van der Waals surface area (Å²) in [6.07, 6.45) is 2.16. The van der Waals surface area contributed by atoms with E-state index in [1.54, 1.807) is 0 Å². The van der Waals surface area contributed by atoms with E-state index in [9.17, 15) is 15.3 Å². The molecule has 3 nitrogen and oxygen atoms in total. The van der Waals surface area contributed by atoms with Crippen molar-refractivity contribution in [2.24, 2.45) is 23.2 Å². The lowest BCUT2D eigenvalue weighted by Gasteiger charge is -2.58. The Hall–Kier alpha value is -0.120. The van der Waals surface area contributed by atoms with Crippen molar-refractivity contribution >= 4 is 0 Å². The van der Waals surface area contributed by atoms with Crippen LogP contribution in [0.5, 0.6) is 0 Å². The number of aliphatic hydroxyl groups excluding tert-OH is 2. The third-order valence-corrected chi connectivity index (χ3v) is 5.72. The Bertz CT molecular complexity index is 313. The van der Waals surface area contributed by atoms with Gasteiger partial charge < -0.3 is 15.3 Å². The summed E-state index contributed by atoms with van der Waals surface area (Å²) >= 11 is 0. The lowest BCUT2D eigenvalue weighted by Crippen LogP contribution is -2.63. The first kappa shape index (κ1) is 14.3. The largest absolute Gasteiger partial charge is 0.393 e. The zero-order chi connectivity index (χ0) is 13.7. The van der Waals surface area contributed by atoms with Gasteiger partial charge in [0.15, 0.2) is 0 Å². The van der Waals surface area contributed by atoms with Crippen LogP contribution in [0.1, 0.15) is 53.4 Å². The van der Waals surface area contributed by atoms with Gasteiger partial charge in [0.1, 0.15) is 0 Å². The lowest BCUT2D eigenvalue weighted by molar-refractivity contribution is -0.219. The van der Waals surface area contributed by atoms with Crippen LogP contribution in [0.15, 0.2) is 0 Å². The lowest BCUT2D eigenvalue weighted by atomic mass is 9.50. The number of hydrogen-bond donors (Lipinski definition) is 3. The molecular formula is C15H28O3. The molecule has 0 spiro atoms. The summed E-state index contributed by atoms with van der Waals surface area (Å²) in [5.74, 6) is 0.439. The fraction of sp³-hybridized carbons (Fsp3) is 1.00. The van der Waals surface area contributed by atoms with Gasteiger partial charge in [-0.1, -0.05) is 20.8 Å². The first-order valence-electron chi connectivity index (χ1n) is 7.28. The minimum atomic E-state index is -0.860. The van der Waals surface area contributed by atoms with Crippen molar-refractivity contribution in [2.75, 3.05) is 0 Å². The molecule has 0 radical (unpaired) electrons. The van der Waals surface area contributed by atoms with Crippen LogP contribution in [0.25, 0.3) is 0 Å². The van der Waals surface area contributed by atoms with Gasteiger partial charge in [-0.2, -0.15) is 0 Å². The van der Waals surface area contributed by atoms with Crippen LogP contribution < -0.4 is 0 Å². The quantitative estimate of drug-likeness (QED) is 0.672. The average Bonchev–Trinajstić information content (AvgIpc) is 2.23. The van der Waals surface area contributed by atoms with Crippen LogP contribution in [-0.4, -0.2) is 33.1 Å². The van der Waals surface area contributed by atoms with Crippen molar-refractivity contribution < 1.29 is 15.3 Å². The Labute approximate surface area is 110 Å². The second-order valence-electron chi connectivity index (χ2n) is 7.33. The van der Waals surface area contributed by atoms with E-state index in [1.807, 2.05) is 13.8 Å². The van der Waals surface area contributed by atoms with Crippen molar-refractivity contribution in [3.63, 3.8) is 0 Å². The molecule has 0 aliphatic heterocycles. The molecule has 0 heterocycles. The molecule has 0 aromatic rings. The molecule has 0 aromatic carbocycles. The summed E-state index contributed by atoms with van der Waals surface area (Å²) in [7, 11) is 0. The summed E-state index contributed by atoms with van der Waals surface area (Å²) in [5.41, 5.74) is -1.20. The van der Waals surface area contributed by atoms with E-state index in [4.69, 9.17) is 0 Å². The highest BCUT2D eigenvalue weighted by atomic mass is 16.3. The molecular weight excluding hydrogens is 228 g/mol. The second-order valence-corrected chi connectivity index (χ2v) is 7.33. The molecule has 3 N–H and O–H groups in total. The first-order chi connectivity index (χ1) is 8.20. The number of hydrogen-bond acceptors (Lipinski definition) is 3. The maximum atomic E-state index is 10.7. The van der Waals surface area contributed by atoms with Crippen molar-refractivity contribution in [2.45, 2.75) is 71.2 Å². The number of rotatable bonds is 1. The maximum Gasteiger partial charge on any atom is 0.0679 e. The van der Waals surface area contributed by atoms with Crippen LogP contribution in [-0.2, 0) is 0 Å². The smallest absolute Gasteiger partial charge is 0.0679 e. The van der Waals surface area contributed by atoms with Crippen LogP contribution in [0, 0.1) is 23.2 Å². The molecule has 3 heteroatoms. The molecule has 0 aromatic heterocycles. The molecule has 18 heavy (non-hydrogen) atoms. The summed E-state index contributed by atoms with van der Waals surface area (Å²) in [6.45, 7) is 8.12. The highest BCUT2D eigenvalue weighted by molar-refractivity contribution is 5.08. The predicted molar refractivity (Wildman–Crippen MR) is 71.0 cm³/mol. The van der Waals surface area contributed by atoms with Gasteiger partial charge >= 0.3 is 0 Å². The average molecular weight is 256 g/mol. The molecule has 2 rings (SSSR count). The van der Waals surface area contributed by atoms with Gasteiger partial charge in [-0.3, -0.25) is 0 Å². The molecule has 2 aliphatic carbocycles. The molecule has 2 fully saturated rings. The first-order valence-corrected chi connectivity index (χ1v) is 7.28. The Morgan fingerprint density at radius 3 is 2.22 bits per heavy atom. The summed E-state index contributed by atoms with van der Waals surface area (Å²) in [4.78, 5) is 0. The summed E-state index contributed by atoms with van der Waals surface area (Å²) in [6, 6.07) is 0. The minimum Gasteiger partial charge on any atom is -0.393 e. The Morgan fingerprint density at radius 1 is 1.06 bits per heavy atom. The molecule has 0 bridgehead atoms. The molecule has 6 atom stereocenters. The van der Waals surface area contributed by atoms with E-state index in [0.29, 0.717) is 18.8 Å². The zero-order valence-electron chi connectivity index (χ0n) is 12.1. The van der Waals surface area contributed by atoms with Gasteiger partial charge in [0.05, 0.1) is 17.8 Å². The van der Waals surface area contributed by atoms with Crippen molar-refractivity contribution in [1.29, 1.82) is 0 Å². The predicted octanol–water partition coefficient (Wildman–Crippen LogP) is 1.94. The minimum absolute atomic E-state index is 0.213. The zero-order valence-corrected chi connectivity index (χ0v) is 12.1. The van der Waals surface area contributed by atoms with Gasteiger partial charge in [-0.05, 0) is 44.4 Å². The summed E-state index contributed by atoms with van der Waals surface area (Å²) in [5, 5.41) is 31.6. The molecule has 2 aliphatic rings. The van der Waals surface area contributed by atoms with E-state index in [2.05, 4.69) is 13.8 Å². The van der Waals surface area contributed by atoms with Crippen LogP contribution in [0.2, 0.25) is 0 Å². The topological polar surface area (TPSA) is 60.7 Å². The second kappa shape index (κ2) is 4.46. The molecule has 106 valence electrons. The SMILES string of the molecule is CC(C)[C@@H]1CC[C@@]2(C)[C@H](O)CC[C@@](C)(O)[C@@H]2[C@H]1O. The third kappa shape index (κ3) is 2.00. The highest BCUT2D eigenvalue weighted by Crippen LogP contribution is 2.56. The Balaban J connectivity index is 2.35. The Morgan fingerprint density at radius 2 is 1.67 bits per heavy atom. The van der Waals surface area contributed by atoms with Crippen LogP contribution in [0.4, 0.5) is 0 Å². The van der Waals surface area contributed by atoms with Crippen LogP contribution >= 0.6 is 0 Å². The fourth-order valence-electron chi connectivity index (χ4n) is 4.54. The number of fused-ring (bicyclic) bond motifs is 1. The van der Waals surface area contributed by atoms with Gasteiger partial charge in [0, 0.05) is 11.3 Å². The Kier molecular flexibility index (Phi) is 3.54. The van der Waals surface area contributed by atoms with Gasteiger partial charge in [0.2, 0.25) is 0 Å².